The Morgan fingerprint density at radius 2 is 1.86 bits per heavy atom. The molecule has 2 rings (SSSR count). The molecule has 2 aromatic rings. The van der Waals surface area contributed by atoms with Crippen molar-refractivity contribution in [1.29, 1.82) is 0 Å². The van der Waals surface area contributed by atoms with Crippen LogP contribution in [0.3, 0.4) is 0 Å². The lowest BCUT2D eigenvalue weighted by Crippen LogP contribution is -2.20. The van der Waals surface area contributed by atoms with Gasteiger partial charge in [-0.15, -0.1) is 0 Å². The molecule has 0 saturated carbocycles. The van der Waals surface area contributed by atoms with Gasteiger partial charge in [0.1, 0.15) is 0 Å². The minimum atomic E-state index is -1.23. The zero-order valence-corrected chi connectivity index (χ0v) is 11.3. The Kier molecular flexibility index (Phi) is 4.47. The summed E-state index contributed by atoms with van der Waals surface area (Å²) in [5, 5.41) is 13.6. The predicted octanol–water partition coefficient (Wildman–Crippen LogP) is 3.92. The molecule has 0 fully saturated rings. The van der Waals surface area contributed by atoms with Crippen molar-refractivity contribution in [1.82, 2.24) is 0 Å². The van der Waals surface area contributed by atoms with E-state index in [0.717, 1.165) is 17.7 Å². The highest BCUT2D eigenvalue weighted by atomic mass is 19.2. The second-order valence-corrected chi connectivity index (χ2v) is 4.75. The van der Waals surface area contributed by atoms with Gasteiger partial charge in [-0.1, -0.05) is 30.3 Å². The minimum Gasteiger partial charge on any atom is -0.374 e. The van der Waals surface area contributed by atoms with Crippen molar-refractivity contribution < 1.29 is 13.7 Å². The largest absolute Gasteiger partial charge is 0.374 e. The topological polar surface area (TPSA) is 55.2 Å². The number of nitrogens with one attached hydrogen (secondary N) is 1. The third kappa shape index (κ3) is 3.53. The molecule has 0 saturated heterocycles. The Bertz CT molecular complexity index is 648. The molecular formula is C15H14F2N2O2. The first-order valence-electron chi connectivity index (χ1n) is 6.42. The lowest BCUT2D eigenvalue weighted by atomic mass is 10.1. The van der Waals surface area contributed by atoms with E-state index in [0.29, 0.717) is 6.42 Å². The summed E-state index contributed by atoms with van der Waals surface area (Å²) in [6, 6.07) is 10.8. The summed E-state index contributed by atoms with van der Waals surface area (Å²) in [4.78, 5) is 10.2. The number of rotatable bonds is 5. The van der Waals surface area contributed by atoms with Gasteiger partial charge >= 0.3 is 0 Å². The third-order valence-corrected chi connectivity index (χ3v) is 3.04. The summed E-state index contributed by atoms with van der Waals surface area (Å²) >= 11 is 0. The fourth-order valence-electron chi connectivity index (χ4n) is 2.09. The second kappa shape index (κ2) is 6.30. The molecule has 6 heteroatoms. The van der Waals surface area contributed by atoms with Gasteiger partial charge in [0.05, 0.1) is 4.92 Å². The van der Waals surface area contributed by atoms with Gasteiger partial charge in [0.25, 0.3) is 5.69 Å². The Balaban J connectivity index is 2.22. The summed E-state index contributed by atoms with van der Waals surface area (Å²) in [7, 11) is 0. The van der Waals surface area contributed by atoms with Crippen LogP contribution in [0.4, 0.5) is 20.2 Å². The van der Waals surface area contributed by atoms with Crippen LogP contribution in [0.2, 0.25) is 0 Å². The number of anilines is 1. The lowest BCUT2D eigenvalue weighted by Gasteiger charge is -2.16. The van der Waals surface area contributed by atoms with Gasteiger partial charge < -0.3 is 5.32 Å². The van der Waals surface area contributed by atoms with E-state index in [1.54, 1.807) is 6.92 Å². The molecule has 1 N–H and O–H groups in total. The molecule has 1 unspecified atom stereocenters. The first-order valence-corrected chi connectivity index (χ1v) is 6.42. The van der Waals surface area contributed by atoms with Gasteiger partial charge in [0.15, 0.2) is 17.3 Å². The number of halogens is 2. The van der Waals surface area contributed by atoms with Crippen LogP contribution in [0.5, 0.6) is 0 Å². The maximum Gasteiger partial charge on any atom is 0.295 e. The number of nitro benzene ring substituents is 1. The first kappa shape index (κ1) is 14.9. The quantitative estimate of drug-likeness (QED) is 0.671. The number of nitro groups is 1. The molecular weight excluding hydrogens is 278 g/mol. The molecule has 0 aliphatic carbocycles. The SMILES string of the molecule is CC(Cc1ccccc1)Nc1c([N+](=O)[O-])ccc(F)c1F. The third-order valence-electron chi connectivity index (χ3n) is 3.04. The van der Waals surface area contributed by atoms with Crippen molar-refractivity contribution in [2.24, 2.45) is 0 Å². The van der Waals surface area contributed by atoms with Gasteiger partial charge in [-0.25, -0.2) is 8.78 Å². The molecule has 0 aromatic heterocycles. The average Bonchev–Trinajstić information content (AvgIpc) is 2.44. The van der Waals surface area contributed by atoms with Crippen molar-refractivity contribution >= 4 is 11.4 Å². The van der Waals surface area contributed by atoms with Gasteiger partial charge in [-0.05, 0) is 25.0 Å². The second-order valence-electron chi connectivity index (χ2n) is 4.75. The fourth-order valence-corrected chi connectivity index (χ4v) is 2.09. The van der Waals surface area contributed by atoms with Crippen LogP contribution >= 0.6 is 0 Å². The van der Waals surface area contributed by atoms with E-state index >= 15 is 0 Å². The molecule has 2 aromatic carbocycles. The van der Waals surface area contributed by atoms with E-state index in [2.05, 4.69) is 5.32 Å². The van der Waals surface area contributed by atoms with Crippen molar-refractivity contribution in [3.8, 4) is 0 Å². The summed E-state index contributed by atoms with van der Waals surface area (Å²) in [5.41, 5.74) is 0.106. The van der Waals surface area contributed by atoms with Crippen molar-refractivity contribution in [2.75, 3.05) is 5.32 Å². The van der Waals surface area contributed by atoms with Gasteiger partial charge in [-0.3, -0.25) is 10.1 Å². The van der Waals surface area contributed by atoms with Crippen molar-refractivity contribution in [3.05, 3.63) is 69.8 Å². The van der Waals surface area contributed by atoms with E-state index in [9.17, 15) is 18.9 Å². The molecule has 0 aliphatic heterocycles. The highest BCUT2D eigenvalue weighted by Gasteiger charge is 2.22. The Hall–Kier alpha value is -2.50. The molecule has 0 aliphatic rings. The Morgan fingerprint density at radius 1 is 1.19 bits per heavy atom. The first-order chi connectivity index (χ1) is 9.99. The maximum atomic E-state index is 13.8. The minimum absolute atomic E-state index is 0.289. The molecule has 1 atom stereocenters. The fraction of sp³-hybridized carbons (Fsp3) is 0.200. The normalized spacial score (nSPS) is 12.0. The predicted molar refractivity (Wildman–Crippen MR) is 76.2 cm³/mol. The molecule has 0 bridgehead atoms. The molecule has 0 heterocycles. The number of hydrogen-bond donors (Lipinski definition) is 1. The van der Waals surface area contributed by atoms with Gasteiger partial charge in [0.2, 0.25) is 0 Å². The zero-order valence-electron chi connectivity index (χ0n) is 11.3. The molecule has 4 nitrogen and oxygen atoms in total. The van der Waals surface area contributed by atoms with Crippen LogP contribution in [-0.2, 0) is 6.42 Å². The van der Waals surface area contributed by atoms with Crippen molar-refractivity contribution in [3.63, 3.8) is 0 Å². The maximum absolute atomic E-state index is 13.8. The molecule has 0 amide bonds. The number of hydrogen-bond acceptors (Lipinski definition) is 3. The van der Waals surface area contributed by atoms with Crippen LogP contribution in [0.15, 0.2) is 42.5 Å². The number of benzene rings is 2. The smallest absolute Gasteiger partial charge is 0.295 e. The van der Waals surface area contributed by atoms with E-state index in [-0.39, 0.29) is 6.04 Å². The van der Waals surface area contributed by atoms with E-state index < -0.39 is 27.9 Å². The monoisotopic (exact) mass is 292 g/mol. The van der Waals surface area contributed by atoms with Crippen molar-refractivity contribution in [2.45, 2.75) is 19.4 Å². The van der Waals surface area contributed by atoms with E-state index in [1.807, 2.05) is 30.3 Å². The lowest BCUT2D eigenvalue weighted by molar-refractivity contribution is -0.384. The average molecular weight is 292 g/mol. The standard InChI is InChI=1S/C15H14F2N2O2/c1-10(9-11-5-3-2-4-6-11)18-15-13(19(20)21)8-7-12(16)14(15)17/h2-8,10,18H,9H2,1H3. The number of nitrogens with zero attached hydrogens (tertiary/aromatic N) is 1. The summed E-state index contributed by atoms with van der Waals surface area (Å²) in [5.74, 6) is -2.35. The molecule has 110 valence electrons. The summed E-state index contributed by atoms with van der Waals surface area (Å²) in [6.07, 6.45) is 0.536. The Morgan fingerprint density at radius 3 is 2.48 bits per heavy atom. The summed E-state index contributed by atoms with van der Waals surface area (Å²) < 4.78 is 27.0. The molecule has 0 radical (unpaired) electrons. The Labute approximate surface area is 120 Å². The van der Waals surface area contributed by atoms with Crippen LogP contribution in [-0.4, -0.2) is 11.0 Å². The van der Waals surface area contributed by atoms with Gasteiger partial charge in [0, 0.05) is 12.1 Å². The van der Waals surface area contributed by atoms with Crippen LogP contribution in [0.25, 0.3) is 0 Å². The van der Waals surface area contributed by atoms with Crippen LogP contribution in [0.1, 0.15) is 12.5 Å². The molecule has 0 spiro atoms. The van der Waals surface area contributed by atoms with E-state index in [1.165, 1.54) is 0 Å². The van der Waals surface area contributed by atoms with Gasteiger partial charge in [-0.2, -0.15) is 0 Å². The van der Waals surface area contributed by atoms with Crippen LogP contribution < -0.4 is 5.32 Å². The van der Waals surface area contributed by atoms with Crippen LogP contribution in [0, 0.1) is 21.7 Å². The van der Waals surface area contributed by atoms with E-state index in [4.69, 9.17) is 0 Å². The highest BCUT2D eigenvalue weighted by molar-refractivity contribution is 5.63. The summed E-state index contributed by atoms with van der Waals surface area (Å²) in [6.45, 7) is 1.75. The zero-order chi connectivity index (χ0) is 15.4. The highest BCUT2D eigenvalue weighted by Crippen LogP contribution is 2.29. The molecule has 21 heavy (non-hydrogen) atoms.